The van der Waals surface area contributed by atoms with Gasteiger partial charge in [0.25, 0.3) is 0 Å². The lowest BCUT2D eigenvalue weighted by atomic mass is 10.0. The zero-order valence-corrected chi connectivity index (χ0v) is 14.2. The van der Waals surface area contributed by atoms with Gasteiger partial charge in [0.05, 0.1) is 24.3 Å². The van der Waals surface area contributed by atoms with Crippen molar-refractivity contribution in [1.29, 1.82) is 0 Å². The summed E-state index contributed by atoms with van der Waals surface area (Å²) in [7, 11) is 1.47. The van der Waals surface area contributed by atoms with Gasteiger partial charge in [-0.3, -0.25) is 4.98 Å². The van der Waals surface area contributed by atoms with Gasteiger partial charge < -0.3 is 9.64 Å². The maximum atomic E-state index is 13.6. The summed E-state index contributed by atoms with van der Waals surface area (Å²) in [5.41, 5.74) is 3.57. The predicted octanol–water partition coefficient (Wildman–Crippen LogP) is 4.43. The number of nitrogens with zero attached hydrogens (tertiary/aromatic N) is 3. The standard InChI is InChI=1S/C20H20FN3O/c1-25-19-12-15(5-7-16(19)21)14-6-8-17-18(11-14)23-20(13-22-17)24-9-3-2-4-10-24/h5-8,11-13H,2-4,9-10H2,1H3. The molecule has 0 saturated carbocycles. The van der Waals surface area contributed by atoms with Gasteiger partial charge >= 0.3 is 0 Å². The van der Waals surface area contributed by atoms with Gasteiger partial charge in [-0.1, -0.05) is 12.1 Å². The first-order chi connectivity index (χ1) is 12.2. The third kappa shape index (κ3) is 3.14. The third-order valence-electron chi connectivity index (χ3n) is 4.69. The van der Waals surface area contributed by atoms with Crippen LogP contribution in [-0.2, 0) is 0 Å². The van der Waals surface area contributed by atoms with Crippen LogP contribution in [0.1, 0.15) is 19.3 Å². The van der Waals surface area contributed by atoms with Crippen molar-refractivity contribution in [1.82, 2.24) is 9.97 Å². The molecule has 0 spiro atoms. The van der Waals surface area contributed by atoms with E-state index in [1.54, 1.807) is 12.1 Å². The highest BCUT2D eigenvalue weighted by Crippen LogP contribution is 2.28. The van der Waals surface area contributed by atoms with Crippen molar-refractivity contribution in [3.05, 3.63) is 48.4 Å². The molecule has 1 aliphatic heterocycles. The number of hydrogen-bond acceptors (Lipinski definition) is 4. The number of ether oxygens (including phenoxy) is 1. The zero-order valence-electron chi connectivity index (χ0n) is 14.2. The van der Waals surface area contributed by atoms with Crippen molar-refractivity contribution in [2.75, 3.05) is 25.1 Å². The molecule has 0 radical (unpaired) electrons. The van der Waals surface area contributed by atoms with Crippen LogP contribution in [0.4, 0.5) is 10.2 Å². The van der Waals surface area contributed by atoms with Crippen LogP contribution in [0.2, 0.25) is 0 Å². The molecule has 1 saturated heterocycles. The van der Waals surface area contributed by atoms with Gasteiger partial charge in [-0.25, -0.2) is 9.37 Å². The van der Waals surface area contributed by atoms with Crippen LogP contribution >= 0.6 is 0 Å². The Labute approximate surface area is 146 Å². The Morgan fingerprint density at radius 2 is 1.72 bits per heavy atom. The Morgan fingerprint density at radius 3 is 2.52 bits per heavy atom. The maximum Gasteiger partial charge on any atom is 0.165 e. The summed E-state index contributed by atoms with van der Waals surface area (Å²) >= 11 is 0. The number of benzene rings is 2. The van der Waals surface area contributed by atoms with Gasteiger partial charge in [0.15, 0.2) is 11.6 Å². The molecule has 0 unspecified atom stereocenters. The van der Waals surface area contributed by atoms with E-state index >= 15 is 0 Å². The molecular weight excluding hydrogens is 317 g/mol. The highest BCUT2D eigenvalue weighted by Gasteiger charge is 2.13. The highest BCUT2D eigenvalue weighted by molar-refractivity contribution is 5.82. The molecule has 1 aliphatic rings. The fourth-order valence-corrected chi connectivity index (χ4v) is 3.30. The lowest BCUT2D eigenvalue weighted by Gasteiger charge is -2.27. The molecule has 0 aliphatic carbocycles. The van der Waals surface area contributed by atoms with Gasteiger partial charge in [-0.05, 0) is 54.7 Å². The molecule has 1 fully saturated rings. The average molecular weight is 337 g/mol. The minimum atomic E-state index is -0.362. The van der Waals surface area contributed by atoms with Crippen molar-refractivity contribution < 1.29 is 9.13 Å². The van der Waals surface area contributed by atoms with Crippen molar-refractivity contribution in [3.63, 3.8) is 0 Å². The van der Waals surface area contributed by atoms with E-state index in [1.165, 1.54) is 32.4 Å². The van der Waals surface area contributed by atoms with Crippen molar-refractivity contribution in [3.8, 4) is 16.9 Å². The molecule has 4 rings (SSSR count). The molecule has 0 amide bonds. The van der Waals surface area contributed by atoms with E-state index in [2.05, 4.69) is 9.88 Å². The lowest BCUT2D eigenvalue weighted by Crippen LogP contribution is -2.30. The van der Waals surface area contributed by atoms with Crippen LogP contribution in [0.5, 0.6) is 5.75 Å². The molecule has 2 heterocycles. The van der Waals surface area contributed by atoms with E-state index in [9.17, 15) is 4.39 Å². The number of rotatable bonds is 3. The van der Waals surface area contributed by atoms with Crippen LogP contribution in [0.15, 0.2) is 42.6 Å². The first-order valence-electron chi connectivity index (χ1n) is 8.60. The predicted molar refractivity (Wildman–Crippen MR) is 97.5 cm³/mol. The SMILES string of the molecule is COc1cc(-c2ccc3ncc(N4CCCCC4)nc3c2)ccc1F. The van der Waals surface area contributed by atoms with Gasteiger partial charge in [-0.15, -0.1) is 0 Å². The number of piperidine rings is 1. The number of aromatic nitrogens is 2. The molecule has 128 valence electrons. The summed E-state index contributed by atoms with van der Waals surface area (Å²) in [4.78, 5) is 11.6. The van der Waals surface area contributed by atoms with E-state index in [4.69, 9.17) is 9.72 Å². The fraction of sp³-hybridized carbons (Fsp3) is 0.300. The zero-order chi connectivity index (χ0) is 17.2. The quantitative estimate of drug-likeness (QED) is 0.708. The molecule has 1 aromatic heterocycles. The molecule has 25 heavy (non-hydrogen) atoms. The minimum Gasteiger partial charge on any atom is -0.494 e. The largest absolute Gasteiger partial charge is 0.494 e. The second-order valence-corrected chi connectivity index (χ2v) is 6.33. The number of anilines is 1. The summed E-state index contributed by atoms with van der Waals surface area (Å²) in [6, 6.07) is 10.8. The van der Waals surface area contributed by atoms with Crippen molar-refractivity contribution in [2.24, 2.45) is 0 Å². The average Bonchev–Trinajstić information content (AvgIpc) is 2.68. The van der Waals surface area contributed by atoms with Crippen LogP contribution in [0.3, 0.4) is 0 Å². The monoisotopic (exact) mass is 337 g/mol. The molecule has 5 heteroatoms. The summed E-state index contributed by atoms with van der Waals surface area (Å²) < 4.78 is 18.7. The normalized spacial score (nSPS) is 14.7. The van der Waals surface area contributed by atoms with Gasteiger partial charge in [0, 0.05) is 13.1 Å². The number of methoxy groups -OCH3 is 1. The van der Waals surface area contributed by atoms with E-state index in [0.717, 1.165) is 41.1 Å². The smallest absolute Gasteiger partial charge is 0.165 e. The number of halogens is 1. The molecule has 2 aromatic carbocycles. The van der Waals surface area contributed by atoms with Gasteiger partial charge in [-0.2, -0.15) is 0 Å². The van der Waals surface area contributed by atoms with Crippen LogP contribution < -0.4 is 9.64 Å². The summed E-state index contributed by atoms with van der Waals surface area (Å²) in [6.07, 6.45) is 5.55. The van der Waals surface area contributed by atoms with Gasteiger partial charge in [0.2, 0.25) is 0 Å². The second-order valence-electron chi connectivity index (χ2n) is 6.33. The van der Waals surface area contributed by atoms with Crippen LogP contribution in [0, 0.1) is 5.82 Å². The summed E-state index contributed by atoms with van der Waals surface area (Å²) in [5.74, 6) is 0.811. The second kappa shape index (κ2) is 6.67. The molecule has 0 atom stereocenters. The molecular formula is C20H20FN3O. The summed E-state index contributed by atoms with van der Waals surface area (Å²) in [6.45, 7) is 2.07. The fourth-order valence-electron chi connectivity index (χ4n) is 3.30. The Hall–Kier alpha value is -2.69. The highest BCUT2D eigenvalue weighted by atomic mass is 19.1. The Kier molecular flexibility index (Phi) is 4.22. The topological polar surface area (TPSA) is 38.2 Å². The molecule has 4 nitrogen and oxygen atoms in total. The Balaban J connectivity index is 1.73. The Morgan fingerprint density at radius 1 is 0.960 bits per heavy atom. The lowest BCUT2D eigenvalue weighted by molar-refractivity contribution is 0.387. The first kappa shape index (κ1) is 15.8. The minimum absolute atomic E-state index is 0.241. The van der Waals surface area contributed by atoms with E-state index in [0.29, 0.717) is 0 Å². The van der Waals surface area contributed by atoms with E-state index in [1.807, 2.05) is 24.4 Å². The van der Waals surface area contributed by atoms with Crippen LogP contribution in [0.25, 0.3) is 22.2 Å². The number of fused-ring (bicyclic) bond motifs is 1. The molecule has 0 N–H and O–H groups in total. The number of hydrogen-bond donors (Lipinski definition) is 0. The van der Waals surface area contributed by atoms with E-state index < -0.39 is 0 Å². The van der Waals surface area contributed by atoms with Crippen molar-refractivity contribution >= 4 is 16.9 Å². The third-order valence-corrected chi connectivity index (χ3v) is 4.69. The summed E-state index contributed by atoms with van der Waals surface area (Å²) in [5, 5.41) is 0. The maximum absolute atomic E-state index is 13.6. The molecule has 3 aromatic rings. The van der Waals surface area contributed by atoms with E-state index in [-0.39, 0.29) is 11.6 Å². The molecule has 0 bridgehead atoms. The van der Waals surface area contributed by atoms with Crippen molar-refractivity contribution in [2.45, 2.75) is 19.3 Å². The van der Waals surface area contributed by atoms with Crippen LogP contribution in [-0.4, -0.2) is 30.2 Å². The Bertz CT molecular complexity index is 907. The first-order valence-corrected chi connectivity index (χ1v) is 8.60. The van der Waals surface area contributed by atoms with Gasteiger partial charge in [0.1, 0.15) is 5.82 Å².